The van der Waals surface area contributed by atoms with Gasteiger partial charge < -0.3 is 10.2 Å². The summed E-state index contributed by atoms with van der Waals surface area (Å²) in [5.41, 5.74) is 1.29. The number of carbonyl (C=O) groups excluding carboxylic acids is 1. The van der Waals surface area contributed by atoms with Crippen molar-refractivity contribution in [3.8, 4) is 0 Å². The molecule has 0 unspecified atom stereocenters. The van der Waals surface area contributed by atoms with Gasteiger partial charge in [-0.05, 0) is 55.0 Å². The van der Waals surface area contributed by atoms with E-state index < -0.39 is 0 Å². The molecule has 2 amide bonds. The molecule has 0 fully saturated rings. The maximum Gasteiger partial charge on any atom is 0.317 e. The quantitative estimate of drug-likeness (QED) is 0.846. The van der Waals surface area contributed by atoms with Crippen LogP contribution in [0.25, 0.3) is 0 Å². The summed E-state index contributed by atoms with van der Waals surface area (Å²) in [6.07, 6.45) is 1.92. The monoisotopic (exact) mass is 282 g/mol. The van der Waals surface area contributed by atoms with Crippen LogP contribution in [0, 0.1) is 5.92 Å². The molecule has 0 bridgehead atoms. The van der Waals surface area contributed by atoms with Crippen molar-refractivity contribution >= 4 is 17.4 Å². The van der Waals surface area contributed by atoms with E-state index in [1.54, 1.807) is 11.3 Å². The highest BCUT2D eigenvalue weighted by molar-refractivity contribution is 7.07. The first-order valence-corrected chi connectivity index (χ1v) is 7.88. The van der Waals surface area contributed by atoms with Crippen LogP contribution in [0.3, 0.4) is 0 Å². The summed E-state index contributed by atoms with van der Waals surface area (Å²) >= 11 is 1.70. The number of rotatable bonds is 6. The van der Waals surface area contributed by atoms with Crippen molar-refractivity contribution in [3.63, 3.8) is 0 Å². The van der Waals surface area contributed by atoms with E-state index in [1.807, 2.05) is 11.9 Å². The molecule has 108 valence electrons. The molecule has 0 aromatic carbocycles. The van der Waals surface area contributed by atoms with E-state index in [2.05, 4.69) is 49.8 Å². The first-order valence-electron chi connectivity index (χ1n) is 6.94. The van der Waals surface area contributed by atoms with Gasteiger partial charge in [-0.3, -0.25) is 0 Å². The van der Waals surface area contributed by atoms with E-state index in [-0.39, 0.29) is 18.1 Å². The van der Waals surface area contributed by atoms with E-state index in [0.29, 0.717) is 5.92 Å². The van der Waals surface area contributed by atoms with E-state index in [9.17, 15) is 4.79 Å². The summed E-state index contributed by atoms with van der Waals surface area (Å²) in [5.74, 6) is 0.605. The lowest BCUT2D eigenvalue weighted by Crippen LogP contribution is -2.46. The Hall–Kier alpha value is -1.03. The van der Waals surface area contributed by atoms with Gasteiger partial charge in [-0.15, -0.1) is 0 Å². The number of thiophene rings is 1. The molecule has 19 heavy (non-hydrogen) atoms. The molecule has 1 aromatic rings. The van der Waals surface area contributed by atoms with Gasteiger partial charge in [0.05, 0.1) is 0 Å². The molecule has 4 heteroatoms. The smallest absolute Gasteiger partial charge is 0.317 e. The maximum atomic E-state index is 12.1. The highest BCUT2D eigenvalue weighted by Gasteiger charge is 2.18. The Morgan fingerprint density at radius 1 is 1.37 bits per heavy atom. The summed E-state index contributed by atoms with van der Waals surface area (Å²) in [7, 11) is 1.87. The van der Waals surface area contributed by atoms with Gasteiger partial charge >= 0.3 is 6.03 Å². The number of carbonyl (C=O) groups is 1. The predicted molar refractivity (Wildman–Crippen MR) is 82.7 cm³/mol. The van der Waals surface area contributed by atoms with Crippen molar-refractivity contribution in [1.82, 2.24) is 10.2 Å². The zero-order valence-electron chi connectivity index (χ0n) is 12.6. The van der Waals surface area contributed by atoms with E-state index in [1.165, 1.54) is 5.56 Å². The van der Waals surface area contributed by atoms with Gasteiger partial charge in [-0.1, -0.05) is 13.8 Å². The Bertz CT molecular complexity index is 376. The number of hydrogen-bond donors (Lipinski definition) is 1. The van der Waals surface area contributed by atoms with Crippen LogP contribution < -0.4 is 5.32 Å². The molecular weight excluding hydrogens is 256 g/mol. The summed E-state index contributed by atoms with van der Waals surface area (Å²) in [6.45, 7) is 8.52. The zero-order chi connectivity index (χ0) is 14.4. The molecule has 2 atom stereocenters. The second kappa shape index (κ2) is 7.53. The van der Waals surface area contributed by atoms with Gasteiger partial charge in [0.25, 0.3) is 0 Å². The summed E-state index contributed by atoms with van der Waals surface area (Å²) in [4.78, 5) is 13.9. The number of urea groups is 1. The minimum atomic E-state index is 0.0240. The molecule has 1 aromatic heterocycles. The Morgan fingerprint density at radius 2 is 2.05 bits per heavy atom. The summed E-state index contributed by atoms with van der Waals surface area (Å²) < 4.78 is 0. The largest absolute Gasteiger partial charge is 0.335 e. The number of hydrogen-bond acceptors (Lipinski definition) is 2. The molecule has 3 nitrogen and oxygen atoms in total. The van der Waals surface area contributed by atoms with Crippen LogP contribution in [-0.2, 0) is 6.42 Å². The third kappa shape index (κ3) is 5.64. The minimum Gasteiger partial charge on any atom is -0.335 e. The van der Waals surface area contributed by atoms with Gasteiger partial charge in [0.2, 0.25) is 0 Å². The lowest BCUT2D eigenvalue weighted by Gasteiger charge is -2.28. The first kappa shape index (κ1) is 16.0. The second-order valence-corrected chi connectivity index (χ2v) is 6.56. The van der Waals surface area contributed by atoms with Gasteiger partial charge in [-0.25, -0.2) is 4.79 Å². The number of nitrogens with zero attached hydrogens (tertiary/aromatic N) is 1. The van der Waals surface area contributed by atoms with Crippen molar-refractivity contribution in [2.45, 2.75) is 52.6 Å². The van der Waals surface area contributed by atoms with Crippen LogP contribution in [0.4, 0.5) is 4.79 Å². The van der Waals surface area contributed by atoms with E-state index >= 15 is 0 Å². The van der Waals surface area contributed by atoms with E-state index in [0.717, 1.165) is 12.8 Å². The van der Waals surface area contributed by atoms with Crippen LogP contribution >= 0.6 is 11.3 Å². The Morgan fingerprint density at radius 3 is 2.58 bits per heavy atom. The molecule has 1 heterocycles. The fraction of sp³-hybridized carbons (Fsp3) is 0.667. The van der Waals surface area contributed by atoms with Crippen LogP contribution in [-0.4, -0.2) is 30.1 Å². The molecule has 0 saturated carbocycles. The normalized spacial score (nSPS) is 14.2. The van der Waals surface area contributed by atoms with Crippen molar-refractivity contribution in [1.29, 1.82) is 0 Å². The Labute approximate surface area is 121 Å². The second-order valence-electron chi connectivity index (χ2n) is 5.78. The fourth-order valence-corrected chi connectivity index (χ4v) is 2.85. The third-order valence-corrected chi connectivity index (χ3v) is 4.02. The van der Waals surface area contributed by atoms with Crippen molar-refractivity contribution in [2.75, 3.05) is 7.05 Å². The third-order valence-electron chi connectivity index (χ3n) is 3.29. The molecular formula is C15H26N2OS. The lowest BCUT2D eigenvalue weighted by molar-refractivity contribution is 0.183. The van der Waals surface area contributed by atoms with E-state index in [4.69, 9.17) is 0 Å². The van der Waals surface area contributed by atoms with Crippen LogP contribution in [0.2, 0.25) is 0 Å². The Balaban J connectivity index is 2.40. The molecule has 0 saturated heterocycles. The Kier molecular flexibility index (Phi) is 6.35. The molecule has 0 aliphatic heterocycles. The van der Waals surface area contributed by atoms with Gasteiger partial charge in [0.15, 0.2) is 0 Å². The molecule has 0 spiro atoms. The molecule has 0 radical (unpaired) electrons. The fourth-order valence-electron chi connectivity index (χ4n) is 2.17. The average Bonchev–Trinajstić information content (AvgIpc) is 2.79. The summed E-state index contributed by atoms with van der Waals surface area (Å²) in [6, 6.07) is 2.57. The van der Waals surface area contributed by atoms with Crippen LogP contribution in [0.5, 0.6) is 0 Å². The molecule has 1 rings (SSSR count). The maximum absolute atomic E-state index is 12.1. The van der Waals surface area contributed by atoms with Crippen molar-refractivity contribution in [3.05, 3.63) is 22.4 Å². The lowest BCUT2D eigenvalue weighted by atomic mass is 10.0. The van der Waals surface area contributed by atoms with Crippen LogP contribution in [0.1, 0.15) is 39.7 Å². The predicted octanol–water partition coefficient (Wildman–Crippen LogP) is 3.76. The van der Waals surface area contributed by atoms with Gasteiger partial charge in [0.1, 0.15) is 0 Å². The SMILES string of the molecule is CC(C)C[C@H](C)N(C)C(=O)N[C@H](C)Cc1ccsc1. The van der Waals surface area contributed by atoms with Gasteiger partial charge in [-0.2, -0.15) is 11.3 Å². The van der Waals surface area contributed by atoms with Crippen LogP contribution in [0.15, 0.2) is 16.8 Å². The number of amides is 2. The highest BCUT2D eigenvalue weighted by Crippen LogP contribution is 2.11. The summed E-state index contributed by atoms with van der Waals surface area (Å²) in [5, 5.41) is 7.27. The topological polar surface area (TPSA) is 32.3 Å². The van der Waals surface area contributed by atoms with Gasteiger partial charge in [0, 0.05) is 19.1 Å². The molecule has 0 aliphatic carbocycles. The minimum absolute atomic E-state index is 0.0240. The zero-order valence-corrected chi connectivity index (χ0v) is 13.5. The highest BCUT2D eigenvalue weighted by atomic mass is 32.1. The van der Waals surface area contributed by atoms with Crippen molar-refractivity contribution < 1.29 is 4.79 Å². The van der Waals surface area contributed by atoms with Crippen molar-refractivity contribution in [2.24, 2.45) is 5.92 Å². The first-order chi connectivity index (χ1) is 8.90. The number of nitrogens with one attached hydrogen (secondary N) is 1. The standard InChI is InChI=1S/C15H26N2OS/c1-11(2)8-13(4)17(5)15(18)16-12(3)9-14-6-7-19-10-14/h6-7,10-13H,8-9H2,1-5H3,(H,16,18)/t12-,13+/m1/s1. The average molecular weight is 282 g/mol. The molecule has 1 N–H and O–H groups in total. The molecule has 0 aliphatic rings.